The van der Waals surface area contributed by atoms with Crippen LogP contribution in [0.3, 0.4) is 0 Å². The zero-order valence-electron chi connectivity index (χ0n) is 11.2. The van der Waals surface area contributed by atoms with E-state index < -0.39 is 10.0 Å². The summed E-state index contributed by atoms with van der Waals surface area (Å²) < 4.78 is 27.0. The smallest absolute Gasteiger partial charge is 0.252 e. The van der Waals surface area contributed by atoms with Crippen molar-refractivity contribution in [3.63, 3.8) is 0 Å². The van der Waals surface area contributed by atoms with Crippen LogP contribution in [0.15, 0.2) is 16.3 Å². The number of halogens is 1. The Morgan fingerprint density at radius 2 is 2.05 bits per heavy atom. The minimum atomic E-state index is -3.37. The van der Waals surface area contributed by atoms with Gasteiger partial charge in [-0.05, 0) is 45.1 Å². The van der Waals surface area contributed by atoms with Gasteiger partial charge in [0.2, 0.25) is 0 Å². The van der Waals surface area contributed by atoms with E-state index in [9.17, 15) is 8.42 Å². The predicted octanol–water partition coefficient (Wildman–Crippen LogP) is 2.20. The van der Waals surface area contributed by atoms with Gasteiger partial charge in [-0.3, -0.25) is 0 Å². The highest BCUT2D eigenvalue weighted by Gasteiger charge is 2.30. The van der Waals surface area contributed by atoms with Crippen molar-refractivity contribution in [3.8, 4) is 0 Å². The lowest BCUT2D eigenvalue weighted by atomic mass is 10.1. The van der Waals surface area contributed by atoms with Crippen molar-refractivity contribution in [2.75, 3.05) is 27.2 Å². The number of sulfonamides is 1. The van der Waals surface area contributed by atoms with Gasteiger partial charge in [0, 0.05) is 18.0 Å². The third-order valence-electron chi connectivity index (χ3n) is 3.60. The number of piperidine rings is 1. The van der Waals surface area contributed by atoms with E-state index in [0.717, 1.165) is 30.8 Å². The van der Waals surface area contributed by atoms with Gasteiger partial charge in [0.25, 0.3) is 10.0 Å². The van der Waals surface area contributed by atoms with Crippen molar-refractivity contribution >= 4 is 33.0 Å². The molecule has 1 fully saturated rings. The molecule has 0 bridgehead atoms. The fourth-order valence-electron chi connectivity index (χ4n) is 2.27. The Balaban J connectivity index is 2.14. The van der Waals surface area contributed by atoms with Crippen LogP contribution in [0, 0.1) is 0 Å². The van der Waals surface area contributed by atoms with E-state index in [4.69, 9.17) is 11.6 Å². The normalized spacial score (nSPS) is 19.2. The molecule has 1 aliphatic rings. The van der Waals surface area contributed by atoms with Gasteiger partial charge in [-0.25, -0.2) is 8.42 Å². The van der Waals surface area contributed by atoms with E-state index in [1.807, 2.05) is 0 Å². The Labute approximate surface area is 124 Å². The van der Waals surface area contributed by atoms with Crippen LogP contribution in [0.1, 0.15) is 17.7 Å². The Bertz CT molecular complexity index is 522. The Morgan fingerprint density at radius 1 is 1.42 bits per heavy atom. The van der Waals surface area contributed by atoms with Crippen LogP contribution in [0.2, 0.25) is 0 Å². The molecule has 19 heavy (non-hydrogen) atoms. The van der Waals surface area contributed by atoms with Gasteiger partial charge in [-0.1, -0.05) is 0 Å². The van der Waals surface area contributed by atoms with Crippen molar-refractivity contribution in [2.45, 2.75) is 29.0 Å². The van der Waals surface area contributed by atoms with Gasteiger partial charge in [0.15, 0.2) is 0 Å². The van der Waals surface area contributed by atoms with Gasteiger partial charge < -0.3 is 4.90 Å². The summed E-state index contributed by atoms with van der Waals surface area (Å²) in [6.45, 7) is 1.89. The molecule has 1 saturated heterocycles. The molecule has 1 aromatic heterocycles. The SMILES string of the molecule is CN1CCC(N(C)S(=O)(=O)c2ccc(CCl)s2)CC1. The molecule has 0 saturated carbocycles. The number of likely N-dealkylation sites (tertiary alicyclic amines) is 1. The molecule has 1 aromatic rings. The lowest BCUT2D eigenvalue weighted by molar-refractivity contribution is 0.198. The number of alkyl halides is 1. The molecular formula is C12H19ClN2O2S2. The van der Waals surface area contributed by atoms with Crippen LogP contribution >= 0.6 is 22.9 Å². The highest BCUT2D eigenvalue weighted by Crippen LogP contribution is 2.28. The highest BCUT2D eigenvalue weighted by atomic mass is 35.5. The largest absolute Gasteiger partial charge is 0.306 e. The molecule has 0 aromatic carbocycles. The van der Waals surface area contributed by atoms with Gasteiger partial charge in [0.05, 0.1) is 5.88 Å². The summed E-state index contributed by atoms with van der Waals surface area (Å²) in [6.07, 6.45) is 1.78. The topological polar surface area (TPSA) is 40.6 Å². The quantitative estimate of drug-likeness (QED) is 0.798. The van der Waals surface area contributed by atoms with Crippen LogP contribution in [0.5, 0.6) is 0 Å². The maximum Gasteiger partial charge on any atom is 0.252 e. The van der Waals surface area contributed by atoms with Gasteiger partial charge >= 0.3 is 0 Å². The molecule has 0 amide bonds. The summed E-state index contributed by atoms with van der Waals surface area (Å²) >= 11 is 6.99. The Hall–Kier alpha value is -0.140. The van der Waals surface area contributed by atoms with E-state index in [2.05, 4.69) is 11.9 Å². The maximum absolute atomic E-state index is 12.5. The van der Waals surface area contributed by atoms with Crippen LogP contribution in [-0.4, -0.2) is 50.8 Å². The van der Waals surface area contributed by atoms with Gasteiger partial charge in [-0.15, -0.1) is 22.9 Å². The minimum Gasteiger partial charge on any atom is -0.306 e. The second kappa shape index (κ2) is 6.10. The third-order valence-corrected chi connectivity index (χ3v) is 7.51. The van der Waals surface area contributed by atoms with Crippen molar-refractivity contribution in [1.82, 2.24) is 9.21 Å². The zero-order valence-corrected chi connectivity index (χ0v) is 13.6. The number of rotatable bonds is 4. The molecule has 0 atom stereocenters. The van der Waals surface area contributed by atoms with E-state index in [1.54, 1.807) is 19.2 Å². The predicted molar refractivity (Wildman–Crippen MR) is 79.3 cm³/mol. The molecule has 0 unspecified atom stereocenters. The van der Waals surface area contributed by atoms with E-state index in [-0.39, 0.29) is 6.04 Å². The van der Waals surface area contributed by atoms with Crippen LogP contribution in [0.25, 0.3) is 0 Å². The summed E-state index contributed by atoms with van der Waals surface area (Å²) in [5, 5.41) is 0. The van der Waals surface area contributed by atoms with Crippen molar-refractivity contribution in [3.05, 3.63) is 17.0 Å². The second-order valence-electron chi connectivity index (χ2n) is 4.91. The van der Waals surface area contributed by atoms with E-state index in [0.29, 0.717) is 10.1 Å². The second-order valence-corrected chi connectivity index (χ2v) is 8.57. The number of hydrogen-bond donors (Lipinski definition) is 0. The first kappa shape index (κ1) is 15.3. The average molecular weight is 323 g/mol. The van der Waals surface area contributed by atoms with E-state index >= 15 is 0 Å². The highest BCUT2D eigenvalue weighted by molar-refractivity contribution is 7.91. The standard InChI is InChI=1S/C12H19ClN2O2S2/c1-14-7-5-10(6-8-14)15(2)19(16,17)12-4-3-11(9-13)18-12/h3-4,10H,5-9H2,1-2H3. The number of thiophene rings is 1. The Kier molecular flexibility index (Phi) is 4.89. The van der Waals surface area contributed by atoms with Gasteiger partial charge in [0.1, 0.15) is 4.21 Å². The molecule has 1 aliphatic heterocycles. The maximum atomic E-state index is 12.5. The molecule has 0 spiro atoms. The summed E-state index contributed by atoms with van der Waals surface area (Å²) in [6, 6.07) is 3.54. The van der Waals surface area contributed by atoms with Crippen molar-refractivity contribution < 1.29 is 8.42 Å². The van der Waals surface area contributed by atoms with Crippen LogP contribution < -0.4 is 0 Å². The molecule has 0 N–H and O–H groups in total. The Morgan fingerprint density at radius 3 is 2.58 bits per heavy atom. The first-order valence-electron chi connectivity index (χ1n) is 6.26. The average Bonchev–Trinajstić information content (AvgIpc) is 2.88. The summed E-state index contributed by atoms with van der Waals surface area (Å²) in [4.78, 5) is 3.12. The third kappa shape index (κ3) is 3.31. The summed E-state index contributed by atoms with van der Waals surface area (Å²) in [7, 11) is 0.381. The minimum absolute atomic E-state index is 0.0998. The molecule has 0 radical (unpaired) electrons. The molecule has 0 aliphatic carbocycles. The van der Waals surface area contributed by atoms with Crippen molar-refractivity contribution in [1.29, 1.82) is 0 Å². The lowest BCUT2D eigenvalue weighted by Crippen LogP contribution is -2.44. The molecule has 2 rings (SSSR count). The number of hydrogen-bond acceptors (Lipinski definition) is 4. The number of nitrogens with zero attached hydrogens (tertiary/aromatic N) is 2. The molecule has 7 heteroatoms. The fourth-order valence-corrected chi connectivity index (χ4v) is 5.33. The molecular weight excluding hydrogens is 304 g/mol. The van der Waals surface area contributed by atoms with Crippen molar-refractivity contribution in [2.24, 2.45) is 0 Å². The first-order valence-corrected chi connectivity index (χ1v) is 9.05. The first-order chi connectivity index (χ1) is 8.95. The summed E-state index contributed by atoms with van der Waals surface area (Å²) in [5.74, 6) is 0.359. The van der Waals surface area contributed by atoms with Gasteiger partial charge in [-0.2, -0.15) is 4.31 Å². The van der Waals surface area contributed by atoms with Crippen LogP contribution in [-0.2, 0) is 15.9 Å². The summed E-state index contributed by atoms with van der Waals surface area (Å²) in [5.41, 5.74) is 0. The molecule has 4 nitrogen and oxygen atoms in total. The lowest BCUT2D eigenvalue weighted by Gasteiger charge is -2.34. The molecule has 2 heterocycles. The van der Waals surface area contributed by atoms with E-state index in [1.165, 1.54) is 15.6 Å². The molecule has 108 valence electrons. The fraction of sp³-hybridized carbons (Fsp3) is 0.667. The zero-order chi connectivity index (χ0) is 14.0. The monoisotopic (exact) mass is 322 g/mol. The van der Waals surface area contributed by atoms with Crippen LogP contribution in [0.4, 0.5) is 0 Å².